The van der Waals surface area contributed by atoms with Gasteiger partial charge in [0.1, 0.15) is 18.1 Å². The Hall–Kier alpha value is -1.22. The van der Waals surface area contributed by atoms with Gasteiger partial charge in [-0.05, 0) is 25.1 Å². The minimum Gasteiger partial charge on any atom is -0.497 e. The summed E-state index contributed by atoms with van der Waals surface area (Å²) in [5.41, 5.74) is 1.17. The van der Waals surface area contributed by atoms with Crippen LogP contribution in [-0.4, -0.2) is 20.3 Å². The summed E-state index contributed by atoms with van der Waals surface area (Å²) in [6, 6.07) is 6.25. The first-order valence-electron chi connectivity index (χ1n) is 4.85. The van der Waals surface area contributed by atoms with Crippen LogP contribution in [0.25, 0.3) is 0 Å². The third-order valence-corrected chi connectivity index (χ3v) is 2.49. The zero-order chi connectivity index (χ0) is 9.97. The summed E-state index contributed by atoms with van der Waals surface area (Å²) in [7, 11) is 1.68. The van der Waals surface area contributed by atoms with Crippen molar-refractivity contribution in [3.63, 3.8) is 0 Å². The number of benzene rings is 1. The molecule has 2 rings (SSSR count). The van der Waals surface area contributed by atoms with Gasteiger partial charge < -0.3 is 14.8 Å². The van der Waals surface area contributed by atoms with Crippen molar-refractivity contribution in [2.45, 2.75) is 13.0 Å². The predicted octanol–water partition coefficient (Wildman–Crippen LogP) is 1.74. The minimum absolute atomic E-state index is 0.322. The first-order chi connectivity index (χ1) is 6.81. The van der Waals surface area contributed by atoms with E-state index in [4.69, 9.17) is 9.47 Å². The fourth-order valence-electron chi connectivity index (χ4n) is 1.67. The fourth-order valence-corrected chi connectivity index (χ4v) is 1.67. The normalized spacial score (nSPS) is 20.6. The van der Waals surface area contributed by atoms with E-state index in [-0.39, 0.29) is 0 Å². The topological polar surface area (TPSA) is 30.5 Å². The number of nitrogens with one attached hydrogen (secondary N) is 1. The standard InChI is InChI=1S/C11H15NO2/c1-8-10-7-9(13-2)3-4-11(10)14-6-5-12-8/h3-4,7-8,12H,5-6H2,1-2H3. The minimum atomic E-state index is 0.322. The van der Waals surface area contributed by atoms with E-state index >= 15 is 0 Å². The van der Waals surface area contributed by atoms with Crippen molar-refractivity contribution in [2.24, 2.45) is 0 Å². The number of fused-ring (bicyclic) bond motifs is 1. The second kappa shape index (κ2) is 3.88. The summed E-state index contributed by atoms with van der Waals surface area (Å²) in [4.78, 5) is 0. The Labute approximate surface area is 84.0 Å². The van der Waals surface area contributed by atoms with Gasteiger partial charge in [0.05, 0.1) is 7.11 Å². The summed E-state index contributed by atoms with van der Waals surface area (Å²) in [5.74, 6) is 1.84. The molecule has 0 saturated heterocycles. The Kier molecular flexibility index (Phi) is 2.59. The van der Waals surface area contributed by atoms with E-state index in [0.717, 1.165) is 24.7 Å². The number of ether oxygens (including phenoxy) is 2. The quantitative estimate of drug-likeness (QED) is 0.737. The third kappa shape index (κ3) is 1.68. The molecule has 1 unspecified atom stereocenters. The summed E-state index contributed by atoms with van der Waals surface area (Å²) >= 11 is 0. The average Bonchev–Trinajstić information content (AvgIpc) is 2.40. The molecule has 3 heteroatoms. The molecule has 1 aliphatic heterocycles. The van der Waals surface area contributed by atoms with Crippen LogP contribution in [0, 0.1) is 0 Å². The predicted molar refractivity (Wildman–Crippen MR) is 54.9 cm³/mol. The molecule has 0 radical (unpaired) electrons. The van der Waals surface area contributed by atoms with Crippen LogP contribution < -0.4 is 14.8 Å². The molecular formula is C11H15NO2. The second-order valence-electron chi connectivity index (χ2n) is 3.43. The third-order valence-electron chi connectivity index (χ3n) is 2.49. The Bertz CT molecular complexity index is 325. The van der Waals surface area contributed by atoms with Crippen molar-refractivity contribution in [2.75, 3.05) is 20.3 Å². The Morgan fingerprint density at radius 3 is 3.14 bits per heavy atom. The number of methoxy groups -OCH3 is 1. The summed E-state index contributed by atoms with van der Waals surface area (Å²) in [5, 5.41) is 3.37. The number of hydrogen-bond donors (Lipinski definition) is 1. The van der Waals surface area contributed by atoms with Gasteiger partial charge in [0.25, 0.3) is 0 Å². The van der Waals surface area contributed by atoms with E-state index in [2.05, 4.69) is 12.2 Å². The van der Waals surface area contributed by atoms with Crippen LogP contribution in [0.2, 0.25) is 0 Å². The van der Waals surface area contributed by atoms with E-state index in [1.165, 1.54) is 5.56 Å². The molecule has 0 amide bonds. The first kappa shape index (κ1) is 9.34. The van der Waals surface area contributed by atoms with Crippen LogP contribution in [0.3, 0.4) is 0 Å². The van der Waals surface area contributed by atoms with E-state index in [1.54, 1.807) is 7.11 Å². The summed E-state index contributed by atoms with van der Waals surface area (Å²) < 4.78 is 10.8. The maximum absolute atomic E-state index is 5.60. The molecule has 0 aliphatic carbocycles. The molecule has 0 fully saturated rings. The van der Waals surface area contributed by atoms with Crippen LogP contribution in [-0.2, 0) is 0 Å². The SMILES string of the molecule is COc1ccc2c(c1)C(C)NCCO2. The highest BCUT2D eigenvalue weighted by Gasteiger charge is 2.15. The second-order valence-corrected chi connectivity index (χ2v) is 3.43. The molecule has 1 aromatic carbocycles. The van der Waals surface area contributed by atoms with Gasteiger partial charge in [-0.3, -0.25) is 0 Å². The molecule has 0 saturated carbocycles. The van der Waals surface area contributed by atoms with E-state index in [9.17, 15) is 0 Å². The van der Waals surface area contributed by atoms with Gasteiger partial charge in [-0.1, -0.05) is 0 Å². The molecule has 0 bridgehead atoms. The molecule has 1 aromatic rings. The monoisotopic (exact) mass is 193 g/mol. The summed E-state index contributed by atoms with van der Waals surface area (Å²) in [6.07, 6.45) is 0. The molecule has 0 aromatic heterocycles. The Balaban J connectivity index is 2.39. The molecule has 1 N–H and O–H groups in total. The van der Waals surface area contributed by atoms with Crippen LogP contribution in [0.4, 0.5) is 0 Å². The van der Waals surface area contributed by atoms with Gasteiger partial charge in [-0.2, -0.15) is 0 Å². The van der Waals surface area contributed by atoms with E-state index < -0.39 is 0 Å². The van der Waals surface area contributed by atoms with Crippen LogP contribution in [0.1, 0.15) is 18.5 Å². The Morgan fingerprint density at radius 1 is 1.50 bits per heavy atom. The van der Waals surface area contributed by atoms with E-state index in [1.807, 2.05) is 18.2 Å². The molecule has 76 valence electrons. The van der Waals surface area contributed by atoms with Crippen molar-refractivity contribution in [1.82, 2.24) is 5.32 Å². The molecule has 14 heavy (non-hydrogen) atoms. The highest BCUT2D eigenvalue weighted by atomic mass is 16.5. The number of hydrogen-bond acceptors (Lipinski definition) is 3. The lowest BCUT2D eigenvalue weighted by atomic mass is 10.1. The molecule has 3 nitrogen and oxygen atoms in total. The van der Waals surface area contributed by atoms with Gasteiger partial charge in [-0.15, -0.1) is 0 Å². The zero-order valence-electron chi connectivity index (χ0n) is 8.54. The van der Waals surface area contributed by atoms with Crippen molar-refractivity contribution in [1.29, 1.82) is 0 Å². The first-order valence-corrected chi connectivity index (χ1v) is 4.85. The lowest BCUT2D eigenvalue weighted by molar-refractivity contribution is 0.324. The fraction of sp³-hybridized carbons (Fsp3) is 0.455. The highest BCUT2D eigenvalue weighted by Crippen LogP contribution is 2.30. The van der Waals surface area contributed by atoms with Crippen LogP contribution >= 0.6 is 0 Å². The number of rotatable bonds is 1. The summed E-state index contributed by atoms with van der Waals surface area (Å²) in [6.45, 7) is 3.74. The van der Waals surface area contributed by atoms with Crippen molar-refractivity contribution in [3.8, 4) is 11.5 Å². The van der Waals surface area contributed by atoms with Crippen molar-refractivity contribution in [3.05, 3.63) is 23.8 Å². The lowest BCUT2D eigenvalue weighted by Gasteiger charge is -2.13. The lowest BCUT2D eigenvalue weighted by Crippen LogP contribution is -2.20. The maximum atomic E-state index is 5.60. The smallest absolute Gasteiger partial charge is 0.124 e. The van der Waals surface area contributed by atoms with Crippen molar-refractivity contribution >= 4 is 0 Å². The van der Waals surface area contributed by atoms with Gasteiger partial charge >= 0.3 is 0 Å². The van der Waals surface area contributed by atoms with Crippen molar-refractivity contribution < 1.29 is 9.47 Å². The maximum Gasteiger partial charge on any atom is 0.124 e. The van der Waals surface area contributed by atoms with Gasteiger partial charge in [0, 0.05) is 18.2 Å². The van der Waals surface area contributed by atoms with Gasteiger partial charge in [0.15, 0.2) is 0 Å². The highest BCUT2D eigenvalue weighted by molar-refractivity contribution is 5.42. The van der Waals surface area contributed by atoms with Gasteiger partial charge in [-0.25, -0.2) is 0 Å². The van der Waals surface area contributed by atoms with Gasteiger partial charge in [0.2, 0.25) is 0 Å². The molecule has 1 aliphatic rings. The Morgan fingerprint density at radius 2 is 2.36 bits per heavy atom. The van der Waals surface area contributed by atoms with Crippen LogP contribution in [0.5, 0.6) is 11.5 Å². The largest absolute Gasteiger partial charge is 0.497 e. The molecule has 1 heterocycles. The molecular weight excluding hydrogens is 178 g/mol. The average molecular weight is 193 g/mol. The molecule has 1 atom stereocenters. The van der Waals surface area contributed by atoms with E-state index in [0.29, 0.717) is 6.04 Å². The van der Waals surface area contributed by atoms with Crippen LogP contribution in [0.15, 0.2) is 18.2 Å². The zero-order valence-corrected chi connectivity index (χ0v) is 8.54. The molecule has 0 spiro atoms.